The second-order valence-corrected chi connectivity index (χ2v) is 9.75. The van der Waals surface area contributed by atoms with Gasteiger partial charge in [-0.25, -0.2) is 0 Å². The van der Waals surface area contributed by atoms with E-state index in [0.717, 1.165) is 31.2 Å². The van der Waals surface area contributed by atoms with E-state index in [2.05, 4.69) is 31.2 Å². The number of ether oxygens (including phenoxy) is 3. The standard InChI is InChI=1S/C27H47N4O4/c1-7-8-12-30-27(32)20(4)15-23(28)24(31-29)18-22(19(2)3)16-21-10-11-25(34-6)26(17-21)35-14-9-13-33-5/h10-11,17,19-20,22-24H,7-9,12-16,18,28H2,1-6H3,(H,30,32)/q-1/t20-,22+,23+,24+/m1/s1. The van der Waals surface area contributed by atoms with Crippen LogP contribution in [0.5, 0.6) is 11.5 Å². The molecule has 4 atom stereocenters. The average Bonchev–Trinajstić information content (AvgIpc) is 2.84. The Hall–Kier alpha value is -2.19. The second kappa shape index (κ2) is 17.3. The summed E-state index contributed by atoms with van der Waals surface area (Å²) in [5.74, 6) is 1.78. The molecule has 1 aromatic carbocycles. The lowest BCUT2D eigenvalue weighted by atomic mass is 9.81. The van der Waals surface area contributed by atoms with Gasteiger partial charge in [0.2, 0.25) is 5.91 Å². The van der Waals surface area contributed by atoms with E-state index in [9.17, 15) is 10.3 Å². The zero-order chi connectivity index (χ0) is 26.2. The number of methoxy groups -OCH3 is 2. The monoisotopic (exact) mass is 491 g/mol. The molecule has 0 aliphatic rings. The highest BCUT2D eigenvalue weighted by atomic mass is 16.5. The third kappa shape index (κ3) is 11.4. The molecule has 0 unspecified atom stereocenters. The largest absolute Gasteiger partial charge is 0.712 e. The maximum Gasteiger partial charge on any atom is 0.222 e. The Morgan fingerprint density at radius 1 is 1.11 bits per heavy atom. The quantitative estimate of drug-likeness (QED) is 0.209. The molecule has 0 heterocycles. The Bertz CT molecular complexity index is 744. The van der Waals surface area contributed by atoms with Crippen molar-refractivity contribution in [1.29, 1.82) is 0 Å². The highest BCUT2D eigenvalue weighted by Gasteiger charge is 2.26. The van der Waals surface area contributed by atoms with Gasteiger partial charge in [-0.3, -0.25) is 4.79 Å². The van der Waals surface area contributed by atoms with Gasteiger partial charge in [-0.15, -0.1) is 0 Å². The van der Waals surface area contributed by atoms with E-state index in [-0.39, 0.29) is 17.7 Å². The van der Waals surface area contributed by atoms with E-state index < -0.39 is 12.1 Å². The van der Waals surface area contributed by atoms with Crippen molar-refractivity contribution in [2.24, 2.45) is 28.6 Å². The number of hydrogen-bond acceptors (Lipinski definition) is 6. The smallest absolute Gasteiger partial charge is 0.222 e. The average molecular weight is 492 g/mol. The first-order valence-corrected chi connectivity index (χ1v) is 12.9. The molecule has 3 N–H and O–H groups in total. The van der Waals surface area contributed by atoms with Gasteiger partial charge in [0.15, 0.2) is 11.5 Å². The van der Waals surface area contributed by atoms with Crippen molar-refractivity contribution in [3.05, 3.63) is 29.3 Å². The summed E-state index contributed by atoms with van der Waals surface area (Å²) in [6, 6.07) is 5.16. The summed E-state index contributed by atoms with van der Waals surface area (Å²) in [6.45, 7) is 10.2. The molecule has 1 amide bonds. The minimum absolute atomic E-state index is 0.00209. The summed E-state index contributed by atoms with van der Waals surface area (Å²) < 4.78 is 16.5. The van der Waals surface area contributed by atoms with Crippen LogP contribution in [0.4, 0.5) is 0 Å². The van der Waals surface area contributed by atoms with E-state index in [1.54, 1.807) is 14.2 Å². The Morgan fingerprint density at radius 2 is 1.86 bits per heavy atom. The number of rotatable bonds is 19. The van der Waals surface area contributed by atoms with Crippen molar-refractivity contribution in [2.45, 2.75) is 78.3 Å². The Kier molecular flexibility index (Phi) is 15.2. The van der Waals surface area contributed by atoms with Crippen LogP contribution in [0.1, 0.15) is 65.4 Å². The van der Waals surface area contributed by atoms with Crippen LogP contribution in [0.25, 0.3) is 5.53 Å². The number of nitrogens with zero attached hydrogens (tertiary/aromatic N) is 2. The molecule has 35 heavy (non-hydrogen) atoms. The molecule has 200 valence electrons. The molecule has 0 saturated heterocycles. The van der Waals surface area contributed by atoms with Crippen molar-refractivity contribution in [1.82, 2.24) is 5.32 Å². The topological polar surface area (TPSA) is 117 Å². The molecule has 1 rings (SSSR count). The predicted octanol–water partition coefficient (Wildman–Crippen LogP) is 4.98. The Balaban J connectivity index is 2.82. The third-order valence-corrected chi connectivity index (χ3v) is 6.51. The fourth-order valence-electron chi connectivity index (χ4n) is 4.09. The molecule has 0 fully saturated rings. The highest BCUT2D eigenvalue weighted by molar-refractivity contribution is 5.78. The van der Waals surface area contributed by atoms with E-state index in [4.69, 9.17) is 19.9 Å². The number of unbranched alkanes of at least 4 members (excludes halogenated alkanes) is 1. The molecule has 0 bridgehead atoms. The zero-order valence-corrected chi connectivity index (χ0v) is 22.6. The van der Waals surface area contributed by atoms with Gasteiger partial charge in [0, 0.05) is 44.7 Å². The van der Waals surface area contributed by atoms with Crippen molar-refractivity contribution in [3.8, 4) is 11.5 Å². The number of amides is 1. The number of hydrogen-bond donors (Lipinski definition) is 2. The van der Waals surface area contributed by atoms with Gasteiger partial charge in [-0.05, 0) is 55.2 Å². The first-order chi connectivity index (χ1) is 16.8. The predicted molar refractivity (Wildman–Crippen MR) is 141 cm³/mol. The molecular weight excluding hydrogens is 444 g/mol. The first kappa shape index (κ1) is 30.8. The minimum Gasteiger partial charge on any atom is -0.712 e. The number of nitrogens with one attached hydrogen (secondary N) is 1. The SMILES string of the molecule is CCCCNC(=O)[C@H](C)C[C@H](N)[C@H](C[C@H](Cc1ccc(OC)c(OCCCOC)c1)C(C)C)N=[N-]. The first-order valence-electron chi connectivity index (χ1n) is 12.9. The summed E-state index contributed by atoms with van der Waals surface area (Å²) >= 11 is 0. The van der Waals surface area contributed by atoms with Crippen molar-refractivity contribution in [3.63, 3.8) is 0 Å². The van der Waals surface area contributed by atoms with Gasteiger partial charge < -0.3 is 35.9 Å². The van der Waals surface area contributed by atoms with Gasteiger partial charge in [-0.2, -0.15) is 0 Å². The van der Waals surface area contributed by atoms with Crippen LogP contribution >= 0.6 is 0 Å². The van der Waals surface area contributed by atoms with Gasteiger partial charge >= 0.3 is 0 Å². The lowest BCUT2D eigenvalue weighted by Crippen LogP contribution is -2.40. The molecule has 8 heteroatoms. The van der Waals surface area contributed by atoms with Gasteiger partial charge in [0.1, 0.15) is 0 Å². The summed E-state index contributed by atoms with van der Waals surface area (Å²) in [4.78, 5) is 12.3. The third-order valence-electron chi connectivity index (χ3n) is 6.51. The Labute approximate surface area is 212 Å². The Morgan fingerprint density at radius 3 is 2.46 bits per heavy atom. The maximum atomic E-state index is 12.3. The van der Waals surface area contributed by atoms with Crippen LogP contribution in [0.3, 0.4) is 0 Å². The molecule has 0 spiro atoms. The molecule has 0 aromatic heterocycles. The summed E-state index contributed by atoms with van der Waals surface area (Å²) in [5.41, 5.74) is 17.3. The van der Waals surface area contributed by atoms with Crippen LogP contribution in [0.15, 0.2) is 23.3 Å². The molecule has 0 aliphatic heterocycles. The van der Waals surface area contributed by atoms with Gasteiger partial charge in [0.05, 0.1) is 13.7 Å². The summed E-state index contributed by atoms with van der Waals surface area (Å²) in [5, 5.41) is 6.59. The van der Waals surface area contributed by atoms with E-state index in [0.29, 0.717) is 50.0 Å². The normalized spacial score (nSPS) is 14.7. The van der Waals surface area contributed by atoms with Crippen molar-refractivity contribution in [2.75, 3.05) is 34.0 Å². The highest BCUT2D eigenvalue weighted by Crippen LogP contribution is 2.32. The van der Waals surface area contributed by atoms with Crippen LogP contribution in [0.2, 0.25) is 0 Å². The molecule has 1 aromatic rings. The number of nitrogens with two attached hydrogens (primary N) is 1. The van der Waals surface area contributed by atoms with E-state index in [1.165, 1.54) is 0 Å². The number of benzene rings is 1. The van der Waals surface area contributed by atoms with Gasteiger partial charge in [0.25, 0.3) is 0 Å². The fourth-order valence-corrected chi connectivity index (χ4v) is 4.09. The fraction of sp³-hybridized carbons (Fsp3) is 0.741. The summed E-state index contributed by atoms with van der Waals surface area (Å²) in [7, 11) is 3.31. The van der Waals surface area contributed by atoms with Crippen molar-refractivity contribution < 1.29 is 19.0 Å². The number of carbonyl (C=O) groups excluding carboxylic acids is 1. The zero-order valence-electron chi connectivity index (χ0n) is 22.6. The van der Waals surface area contributed by atoms with Gasteiger partial charge in [-0.1, -0.05) is 40.2 Å². The van der Waals surface area contributed by atoms with Crippen LogP contribution < -0.4 is 20.5 Å². The van der Waals surface area contributed by atoms with E-state index >= 15 is 0 Å². The lowest BCUT2D eigenvalue weighted by Gasteiger charge is -2.30. The maximum absolute atomic E-state index is 12.3. The van der Waals surface area contributed by atoms with Crippen molar-refractivity contribution >= 4 is 5.91 Å². The number of carbonyl (C=O) groups is 1. The second-order valence-electron chi connectivity index (χ2n) is 9.75. The molecule has 0 aliphatic carbocycles. The van der Waals surface area contributed by atoms with Crippen LogP contribution in [-0.2, 0) is 16.0 Å². The van der Waals surface area contributed by atoms with Crippen LogP contribution in [0, 0.1) is 17.8 Å². The molecule has 8 nitrogen and oxygen atoms in total. The van der Waals surface area contributed by atoms with E-state index in [1.807, 2.05) is 25.1 Å². The van der Waals surface area contributed by atoms with Crippen LogP contribution in [-0.4, -0.2) is 52.0 Å². The molecule has 0 radical (unpaired) electrons. The minimum atomic E-state index is -0.434. The molecular formula is C27H47N4O4-. The summed E-state index contributed by atoms with van der Waals surface area (Å²) in [6.07, 6.45) is 4.69. The lowest BCUT2D eigenvalue weighted by molar-refractivity contribution is -0.124. The molecule has 0 saturated carbocycles.